The molecular formula is C23H16ClNO4. The van der Waals surface area contributed by atoms with Gasteiger partial charge in [0.1, 0.15) is 17.2 Å². The molecule has 0 saturated heterocycles. The second-order valence-corrected chi connectivity index (χ2v) is 6.77. The van der Waals surface area contributed by atoms with E-state index in [9.17, 15) is 10.1 Å². The number of hydrogen-bond acceptors (Lipinski definition) is 4. The van der Waals surface area contributed by atoms with E-state index in [0.29, 0.717) is 22.3 Å². The number of halogens is 1. The molecule has 0 heterocycles. The van der Waals surface area contributed by atoms with Crippen molar-refractivity contribution in [1.29, 1.82) is 0 Å². The Hall–Kier alpha value is -3.57. The minimum Gasteiger partial charge on any atom is -0.495 e. The maximum atomic E-state index is 10.9. The van der Waals surface area contributed by atoms with Crippen molar-refractivity contribution in [2.75, 3.05) is 7.11 Å². The van der Waals surface area contributed by atoms with Crippen molar-refractivity contribution in [1.82, 2.24) is 0 Å². The molecule has 144 valence electrons. The van der Waals surface area contributed by atoms with E-state index in [0.717, 1.165) is 21.9 Å². The number of nitro groups is 1. The maximum Gasteiger partial charge on any atom is 0.269 e. The monoisotopic (exact) mass is 405 g/mol. The molecule has 0 aliphatic carbocycles. The van der Waals surface area contributed by atoms with E-state index in [4.69, 9.17) is 21.1 Å². The van der Waals surface area contributed by atoms with E-state index in [1.54, 1.807) is 19.2 Å². The van der Waals surface area contributed by atoms with Crippen molar-refractivity contribution in [2.45, 2.75) is 0 Å². The molecule has 0 saturated carbocycles. The zero-order chi connectivity index (χ0) is 20.4. The first kappa shape index (κ1) is 18.8. The molecule has 0 spiro atoms. The van der Waals surface area contributed by atoms with E-state index < -0.39 is 4.92 Å². The zero-order valence-corrected chi connectivity index (χ0v) is 16.2. The van der Waals surface area contributed by atoms with E-state index in [1.807, 2.05) is 54.6 Å². The Morgan fingerprint density at radius 1 is 0.931 bits per heavy atom. The SMILES string of the molecule is COc1ccc(-c2ccc3ccccc3c2Oc2ccc([N+](=O)[O-])cc2)cc1Cl. The van der Waals surface area contributed by atoms with Gasteiger partial charge in [-0.25, -0.2) is 0 Å². The van der Waals surface area contributed by atoms with Crippen molar-refractivity contribution in [3.05, 3.63) is 94.0 Å². The summed E-state index contributed by atoms with van der Waals surface area (Å²) in [5, 5.41) is 13.4. The number of ether oxygens (including phenoxy) is 2. The van der Waals surface area contributed by atoms with Gasteiger partial charge >= 0.3 is 0 Å². The summed E-state index contributed by atoms with van der Waals surface area (Å²) in [7, 11) is 1.57. The molecule has 6 heteroatoms. The zero-order valence-electron chi connectivity index (χ0n) is 15.5. The summed E-state index contributed by atoms with van der Waals surface area (Å²) in [5.41, 5.74) is 1.74. The van der Waals surface area contributed by atoms with Crippen LogP contribution in [0.15, 0.2) is 78.9 Å². The summed E-state index contributed by atoms with van der Waals surface area (Å²) in [4.78, 5) is 10.5. The highest BCUT2D eigenvalue weighted by atomic mass is 35.5. The van der Waals surface area contributed by atoms with Crippen molar-refractivity contribution in [2.24, 2.45) is 0 Å². The smallest absolute Gasteiger partial charge is 0.269 e. The number of nitrogens with zero attached hydrogens (tertiary/aromatic N) is 1. The number of non-ortho nitro benzene ring substituents is 1. The molecule has 4 aromatic carbocycles. The van der Waals surface area contributed by atoms with Gasteiger partial charge in [-0.05, 0) is 41.3 Å². The molecule has 0 aliphatic rings. The standard InChI is InChI=1S/C23H16ClNO4/c1-28-22-13-7-16(14-21(22)24)20-12-6-15-4-2-3-5-19(15)23(20)29-18-10-8-17(9-11-18)25(26)27/h2-14H,1H3. The topological polar surface area (TPSA) is 61.6 Å². The summed E-state index contributed by atoms with van der Waals surface area (Å²) >= 11 is 6.33. The predicted octanol–water partition coefficient (Wildman–Crippen LogP) is 6.87. The van der Waals surface area contributed by atoms with E-state index in [1.165, 1.54) is 12.1 Å². The van der Waals surface area contributed by atoms with Crippen LogP contribution in [0.5, 0.6) is 17.2 Å². The molecule has 0 N–H and O–H groups in total. The predicted molar refractivity (Wildman–Crippen MR) is 114 cm³/mol. The lowest BCUT2D eigenvalue weighted by atomic mass is 9.99. The molecular weight excluding hydrogens is 390 g/mol. The summed E-state index contributed by atoms with van der Waals surface area (Å²) in [6, 6.07) is 23.4. The Labute approximate surface area is 172 Å². The van der Waals surface area contributed by atoms with Crippen LogP contribution in [0.2, 0.25) is 5.02 Å². The Bertz CT molecular complexity index is 1210. The Morgan fingerprint density at radius 2 is 1.69 bits per heavy atom. The normalized spacial score (nSPS) is 10.7. The fraction of sp³-hybridized carbons (Fsp3) is 0.0435. The molecule has 0 fully saturated rings. The second-order valence-electron chi connectivity index (χ2n) is 6.37. The highest BCUT2D eigenvalue weighted by molar-refractivity contribution is 6.32. The second kappa shape index (κ2) is 7.81. The van der Waals surface area contributed by atoms with Crippen LogP contribution in [0.25, 0.3) is 21.9 Å². The Kier molecular flexibility index (Phi) is 5.06. The number of fused-ring (bicyclic) bond motifs is 1. The van der Waals surface area contributed by atoms with Crippen LogP contribution in [0.1, 0.15) is 0 Å². The van der Waals surface area contributed by atoms with Gasteiger partial charge < -0.3 is 9.47 Å². The molecule has 0 unspecified atom stereocenters. The van der Waals surface area contributed by atoms with Gasteiger partial charge in [-0.1, -0.05) is 48.0 Å². The maximum absolute atomic E-state index is 10.9. The highest BCUT2D eigenvalue weighted by Gasteiger charge is 2.14. The fourth-order valence-electron chi connectivity index (χ4n) is 3.17. The van der Waals surface area contributed by atoms with Crippen LogP contribution in [-0.4, -0.2) is 12.0 Å². The average molecular weight is 406 g/mol. The van der Waals surface area contributed by atoms with Crippen LogP contribution >= 0.6 is 11.6 Å². The molecule has 0 aromatic heterocycles. The molecule has 4 rings (SSSR count). The lowest BCUT2D eigenvalue weighted by molar-refractivity contribution is -0.384. The number of hydrogen-bond donors (Lipinski definition) is 0. The molecule has 0 amide bonds. The van der Waals surface area contributed by atoms with Gasteiger partial charge in [-0.15, -0.1) is 0 Å². The average Bonchev–Trinajstić information content (AvgIpc) is 2.74. The molecule has 4 aromatic rings. The van der Waals surface area contributed by atoms with E-state index in [-0.39, 0.29) is 5.69 Å². The molecule has 5 nitrogen and oxygen atoms in total. The van der Waals surface area contributed by atoms with Crippen LogP contribution in [0, 0.1) is 10.1 Å². The summed E-state index contributed by atoms with van der Waals surface area (Å²) in [5.74, 6) is 1.75. The highest BCUT2D eigenvalue weighted by Crippen LogP contribution is 2.41. The van der Waals surface area contributed by atoms with Gasteiger partial charge in [0.2, 0.25) is 0 Å². The van der Waals surface area contributed by atoms with Crippen LogP contribution in [0.3, 0.4) is 0 Å². The van der Waals surface area contributed by atoms with Gasteiger partial charge in [0, 0.05) is 23.1 Å². The lowest BCUT2D eigenvalue weighted by Crippen LogP contribution is -1.92. The quantitative estimate of drug-likeness (QED) is 0.268. The largest absolute Gasteiger partial charge is 0.495 e. The summed E-state index contributed by atoms with van der Waals surface area (Å²) in [6.07, 6.45) is 0. The van der Waals surface area contributed by atoms with Crippen LogP contribution in [-0.2, 0) is 0 Å². The molecule has 0 bridgehead atoms. The molecule has 0 aliphatic heterocycles. The van der Waals surface area contributed by atoms with Gasteiger partial charge in [-0.2, -0.15) is 0 Å². The van der Waals surface area contributed by atoms with Crippen molar-refractivity contribution < 1.29 is 14.4 Å². The van der Waals surface area contributed by atoms with Crippen molar-refractivity contribution in [3.8, 4) is 28.4 Å². The summed E-state index contributed by atoms with van der Waals surface area (Å²) < 4.78 is 11.5. The third-order valence-corrected chi connectivity index (χ3v) is 4.91. The summed E-state index contributed by atoms with van der Waals surface area (Å²) in [6.45, 7) is 0. The number of benzene rings is 4. The van der Waals surface area contributed by atoms with Gasteiger partial charge in [0.25, 0.3) is 5.69 Å². The Morgan fingerprint density at radius 3 is 2.38 bits per heavy atom. The number of methoxy groups -OCH3 is 1. The lowest BCUT2D eigenvalue weighted by Gasteiger charge is -2.15. The third-order valence-electron chi connectivity index (χ3n) is 4.61. The van der Waals surface area contributed by atoms with Gasteiger partial charge in [-0.3, -0.25) is 10.1 Å². The van der Waals surface area contributed by atoms with E-state index >= 15 is 0 Å². The first-order valence-electron chi connectivity index (χ1n) is 8.85. The van der Waals surface area contributed by atoms with Crippen LogP contribution in [0.4, 0.5) is 5.69 Å². The Balaban J connectivity index is 1.85. The molecule has 29 heavy (non-hydrogen) atoms. The van der Waals surface area contributed by atoms with Gasteiger partial charge in [0.15, 0.2) is 0 Å². The fourth-order valence-corrected chi connectivity index (χ4v) is 3.43. The number of nitro benzene ring substituents is 1. The molecule has 0 radical (unpaired) electrons. The van der Waals surface area contributed by atoms with Crippen molar-refractivity contribution >= 4 is 28.1 Å². The first-order chi connectivity index (χ1) is 14.1. The van der Waals surface area contributed by atoms with Crippen molar-refractivity contribution in [3.63, 3.8) is 0 Å². The molecule has 0 atom stereocenters. The van der Waals surface area contributed by atoms with Gasteiger partial charge in [0.05, 0.1) is 17.1 Å². The van der Waals surface area contributed by atoms with Crippen LogP contribution < -0.4 is 9.47 Å². The minimum absolute atomic E-state index is 0.0115. The minimum atomic E-state index is -0.438. The first-order valence-corrected chi connectivity index (χ1v) is 9.22. The third kappa shape index (κ3) is 3.73. The number of rotatable bonds is 5. The van der Waals surface area contributed by atoms with E-state index in [2.05, 4.69) is 0 Å².